The highest BCUT2D eigenvalue weighted by Crippen LogP contribution is 2.23. The van der Waals surface area contributed by atoms with Gasteiger partial charge in [-0.1, -0.05) is 23.7 Å². The van der Waals surface area contributed by atoms with Crippen molar-refractivity contribution in [2.24, 2.45) is 0 Å². The van der Waals surface area contributed by atoms with Crippen LogP contribution in [-0.4, -0.2) is 25.7 Å². The van der Waals surface area contributed by atoms with Crippen LogP contribution in [0.3, 0.4) is 0 Å². The first-order chi connectivity index (χ1) is 13.2. The lowest BCUT2D eigenvalue weighted by Crippen LogP contribution is -2.11. The number of nitrogens with one attached hydrogen (secondary N) is 1. The van der Waals surface area contributed by atoms with Gasteiger partial charge in [0.2, 0.25) is 0 Å². The molecule has 0 radical (unpaired) electrons. The maximum atomic E-state index is 12.4. The van der Waals surface area contributed by atoms with E-state index in [4.69, 9.17) is 11.6 Å². The molecule has 0 saturated heterocycles. The van der Waals surface area contributed by atoms with Gasteiger partial charge in [-0.25, -0.2) is 14.6 Å². The molecule has 0 spiro atoms. The van der Waals surface area contributed by atoms with Gasteiger partial charge in [0.05, 0.1) is 5.69 Å². The molecule has 2 heterocycles. The number of hydrogen-bond donors (Lipinski definition) is 1. The summed E-state index contributed by atoms with van der Waals surface area (Å²) in [4.78, 5) is 21.7. The summed E-state index contributed by atoms with van der Waals surface area (Å²) in [7, 11) is 0. The monoisotopic (exact) mass is 395 g/mol. The Morgan fingerprint density at radius 2 is 2.04 bits per heavy atom. The molecule has 27 heavy (non-hydrogen) atoms. The predicted octanol–water partition coefficient (Wildman–Crippen LogP) is 4.22. The van der Waals surface area contributed by atoms with Crippen LogP contribution in [0, 0.1) is 0 Å². The van der Waals surface area contributed by atoms with E-state index in [9.17, 15) is 4.79 Å². The van der Waals surface area contributed by atoms with Gasteiger partial charge in [0.15, 0.2) is 5.13 Å². The number of anilines is 1. The minimum Gasteiger partial charge on any atom is -0.298 e. The molecule has 8 heteroatoms. The first-order valence-corrected chi connectivity index (χ1v) is 9.32. The molecule has 0 atom stereocenters. The molecule has 0 bridgehead atoms. The van der Waals surface area contributed by atoms with Crippen molar-refractivity contribution < 1.29 is 4.79 Å². The molecule has 0 saturated carbocycles. The maximum absolute atomic E-state index is 12.4. The van der Waals surface area contributed by atoms with E-state index in [1.807, 2.05) is 36.4 Å². The van der Waals surface area contributed by atoms with Crippen molar-refractivity contribution >= 4 is 34.0 Å². The second-order valence-corrected chi connectivity index (χ2v) is 7.33. The van der Waals surface area contributed by atoms with Crippen LogP contribution in [0.2, 0.25) is 5.02 Å². The largest absolute Gasteiger partial charge is 0.298 e. The van der Waals surface area contributed by atoms with Gasteiger partial charge in [-0.05, 0) is 42.0 Å². The molecule has 1 N–H and O–H groups in total. The number of carbonyl (C=O) groups is 1. The lowest BCUT2D eigenvalue weighted by atomic mass is 10.1. The standard InChI is InChI=1S/C19H14ClN5OS/c20-15-3-1-2-13(8-15)9-17-10-22-19(27-17)24-18(26)14-4-6-16(7-5-14)25-12-21-11-23-25/h1-8,10-12H,9H2,(H,22,24,26). The highest BCUT2D eigenvalue weighted by atomic mass is 35.5. The van der Waals surface area contributed by atoms with Crippen molar-refractivity contribution in [1.29, 1.82) is 0 Å². The van der Waals surface area contributed by atoms with E-state index in [0.717, 1.165) is 22.5 Å². The van der Waals surface area contributed by atoms with Crippen LogP contribution in [0.25, 0.3) is 5.69 Å². The van der Waals surface area contributed by atoms with E-state index < -0.39 is 0 Å². The molecule has 0 aliphatic carbocycles. The summed E-state index contributed by atoms with van der Waals surface area (Å²) in [6, 6.07) is 14.8. The summed E-state index contributed by atoms with van der Waals surface area (Å²) in [6.45, 7) is 0. The number of carbonyl (C=O) groups excluding carboxylic acids is 1. The van der Waals surface area contributed by atoms with Crippen molar-refractivity contribution in [3.05, 3.63) is 88.4 Å². The maximum Gasteiger partial charge on any atom is 0.257 e. The summed E-state index contributed by atoms with van der Waals surface area (Å²) in [5, 5.41) is 8.17. The van der Waals surface area contributed by atoms with Gasteiger partial charge in [-0.15, -0.1) is 11.3 Å². The van der Waals surface area contributed by atoms with E-state index in [2.05, 4.69) is 20.4 Å². The number of rotatable bonds is 5. The molecule has 6 nitrogen and oxygen atoms in total. The van der Waals surface area contributed by atoms with Crippen molar-refractivity contribution in [3.8, 4) is 5.69 Å². The van der Waals surface area contributed by atoms with E-state index in [1.54, 1.807) is 29.3 Å². The SMILES string of the molecule is O=C(Nc1ncc(Cc2cccc(Cl)c2)s1)c1ccc(-n2cncn2)cc1. The number of benzene rings is 2. The van der Waals surface area contributed by atoms with Gasteiger partial charge in [0.1, 0.15) is 12.7 Å². The van der Waals surface area contributed by atoms with E-state index >= 15 is 0 Å². The quantitative estimate of drug-likeness (QED) is 0.549. The Morgan fingerprint density at radius 1 is 1.19 bits per heavy atom. The topological polar surface area (TPSA) is 72.7 Å². The van der Waals surface area contributed by atoms with Crippen molar-refractivity contribution in [2.75, 3.05) is 5.32 Å². The number of nitrogens with zero attached hydrogens (tertiary/aromatic N) is 4. The number of halogens is 1. The lowest BCUT2D eigenvalue weighted by Gasteiger charge is -2.04. The number of aromatic nitrogens is 4. The molecule has 0 unspecified atom stereocenters. The molecule has 0 aliphatic rings. The third-order valence-electron chi connectivity index (χ3n) is 3.85. The fraction of sp³-hybridized carbons (Fsp3) is 0.0526. The Kier molecular flexibility index (Phi) is 4.95. The Hall–Kier alpha value is -3.03. The van der Waals surface area contributed by atoms with Gasteiger partial charge < -0.3 is 0 Å². The van der Waals surface area contributed by atoms with Crippen molar-refractivity contribution in [2.45, 2.75) is 6.42 Å². The summed E-state index contributed by atoms with van der Waals surface area (Å²) < 4.78 is 1.63. The number of hydrogen-bond acceptors (Lipinski definition) is 5. The van der Waals surface area contributed by atoms with Crippen molar-refractivity contribution in [3.63, 3.8) is 0 Å². The molecule has 2 aromatic heterocycles. The second kappa shape index (κ2) is 7.69. The van der Waals surface area contributed by atoms with E-state index in [0.29, 0.717) is 15.7 Å². The zero-order chi connectivity index (χ0) is 18.6. The second-order valence-electron chi connectivity index (χ2n) is 5.78. The average molecular weight is 396 g/mol. The third kappa shape index (κ3) is 4.21. The van der Waals surface area contributed by atoms with Crippen LogP contribution in [0.1, 0.15) is 20.8 Å². The summed E-state index contributed by atoms with van der Waals surface area (Å²) in [5.41, 5.74) is 2.49. The van der Waals surface area contributed by atoms with Crippen LogP contribution in [0.5, 0.6) is 0 Å². The highest BCUT2D eigenvalue weighted by Gasteiger charge is 2.10. The average Bonchev–Trinajstić information content (AvgIpc) is 3.34. The third-order valence-corrected chi connectivity index (χ3v) is 5.00. The molecule has 4 rings (SSSR count). The van der Waals surface area contributed by atoms with E-state index in [-0.39, 0.29) is 5.91 Å². The minimum absolute atomic E-state index is 0.205. The van der Waals surface area contributed by atoms with Crippen LogP contribution in [0.15, 0.2) is 67.4 Å². The molecule has 0 fully saturated rings. The smallest absolute Gasteiger partial charge is 0.257 e. The van der Waals surface area contributed by atoms with Gasteiger partial charge in [-0.3, -0.25) is 10.1 Å². The van der Waals surface area contributed by atoms with Crippen LogP contribution < -0.4 is 5.32 Å². The van der Waals surface area contributed by atoms with Crippen LogP contribution in [-0.2, 0) is 6.42 Å². The normalized spacial score (nSPS) is 10.7. The lowest BCUT2D eigenvalue weighted by molar-refractivity contribution is 0.102. The van der Waals surface area contributed by atoms with Crippen LogP contribution in [0.4, 0.5) is 5.13 Å². The predicted molar refractivity (Wildman–Crippen MR) is 106 cm³/mol. The Balaban J connectivity index is 1.42. The Bertz CT molecular complexity index is 1060. The molecule has 4 aromatic rings. The van der Waals surface area contributed by atoms with Crippen LogP contribution >= 0.6 is 22.9 Å². The fourth-order valence-corrected chi connectivity index (χ4v) is 3.63. The van der Waals surface area contributed by atoms with E-state index in [1.165, 1.54) is 17.7 Å². The zero-order valence-electron chi connectivity index (χ0n) is 14.0. The molecule has 0 aliphatic heterocycles. The van der Waals surface area contributed by atoms with Gasteiger partial charge in [-0.2, -0.15) is 5.10 Å². The Morgan fingerprint density at radius 3 is 2.78 bits per heavy atom. The summed E-state index contributed by atoms with van der Waals surface area (Å²) in [6.07, 6.45) is 5.56. The number of amides is 1. The van der Waals surface area contributed by atoms with Gasteiger partial charge >= 0.3 is 0 Å². The molecule has 134 valence electrons. The highest BCUT2D eigenvalue weighted by molar-refractivity contribution is 7.15. The summed E-state index contributed by atoms with van der Waals surface area (Å²) >= 11 is 7.47. The molecular formula is C19H14ClN5OS. The Labute approximate surface area is 164 Å². The first-order valence-electron chi connectivity index (χ1n) is 8.13. The first kappa shape index (κ1) is 17.4. The zero-order valence-corrected chi connectivity index (χ0v) is 15.6. The minimum atomic E-state index is -0.205. The fourth-order valence-electron chi connectivity index (χ4n) is 2.57. The summed E-state index contributed by atoms with van der Waals surface area (Å²) in [5.74, 6) is -0.205. The molecule has 2 aromatic carbocycles. The molecule has 1 amide bonds. The molecular weight excluding hydrogens is 382 g/mol. The van der Waals surface area contributed by atoms with Crippen molar-refractivity contribution in [1.82, 2.24) is 19.7 Å². The number of thiazole rings is 1. The van der Waals surface area contributed by atoms with Gasteiger partial charge in [0.25, 0.3) is 5.91 Å². The van der Waals surface area contributed by atoms with Gasteiger partial charge in [0, 0.05) is 28.1 Å².